The van der Waals surface area contributed by atoms with E-state index in [9.17, 15) is 9.59 Å². The molecule has 1 heterocycles. The molecule has 0 spiro atoms. The summed E-state index contributed by atoms with van der Waals surface area (Å²) in [6.07, 6.45) is 0. The number of carbonyl (C=O) groups is 1. The molecule has 6 heteroatoms. The molecule has 0 saturated carbocycles. The molecule has 0 bridgehead atoms. The summed E-state index contributed by atoms with van der Waals surface area (Å²) >= 11 is 0. The number of aromatic amines is 2. The van der Waals surface area contributed by atoms with Crippen molar-refractivity contribution in [1.82, 2.24) is 20.2 Å². The molecule has 0 aliphatic heterocycles. The van der Waals surface area contributed by atoms with E-state index in [-0.39, 0.29) is 17.6 Å². The van der Waals surface area contributed by atoms with Crippen LogP contribution in [0.2, 0.25) is 0 Å². The number of imidazole rings is 1. The predicted molar refractivity (Wildman–Crippen MR) is 83.3 cm³/mol. The van der Waals surface area contributed by atoms with Crippen LogP contribution in [0.15, 0.2) is 23.0 Å². The van der Waals surface area contributed by atoms with E-state index < -0.39 is 0 Å². The highest BCUT2D eigenvalue weighted by Crippen LogP contribution is 2.16. The number of hydrogen-bond acceptors (Lipinski definition) is 3. The van der Waals surface area contributed by atoms with E-state index in [0.717, 1.165) is 29.7 Å². The first kappa shape index (κ1) is 15.3. The highest BCUT2D eigenvalue weighted by atomic mass is 16.2. The second kappa shape index (κ2) is 6.58. The first-order chi connectivity index (χ1) is 10.0. The maximum Gasteiger partial charge on any atom is 0.323 e. The maximum atomic E-state index is 12.0. The van der Waals surface area contributed by atoms with Crippen LogP contribution in [0, 0.1) is 0 Å². The number of likely N-dealkylation sites (N-methyl/N-ethyl adjacent to an activating group) is 1. The van der Waals surface area contributed by atoms with Crippen molar-refractivity contribution in [2.45, 2.75) is 26.8 Å². The number of nitrogens with one attached hydrogen (secondary N) is 3. The Morgan fingerprint density at radius 2 is 1.90 bits per heavy atom. The lowest BCUT2D eigenvalue weighted by Gasteiger charge is -2.21. The SMILES string of the molecule is CCN(CC)C(=O)CNC(C)c1ccc2[nH]c(=O)[nH]c2c1. The minimum Gasteiger partial charge on any atom is -0.342 e. The van der Waals surface area contributed by atoms with Gasteiger partial charge >= 0.3 is 5.69 Å². The van der Waals surface area contributed by atoms with Crippen molar-refractivity contribution in [3.8, 4) is 0 Å². The van der Waals surface area contributed by atoms with Crippen LogP contribution in [0.1, 0.15) is 32.4 Å². The smallest absolute Gasteiger partial charge is 0.323 e. The summed E-state index contributed by atoms with van der Waals surface area (Å²) < 4.78 is 0. The molecule has 0 aliphatic rings. The monoisotopic (exact) mass is 290 g/mol. The Balaban J connectivity index is 2.03. The van der Waals surface area contributed by atoms with Crippen LogP contribution in [0.4, 0.5) is 0 Å². The number of hydrogen-bond donors (Lipinski definition) is 3. The molecular weight excluding hydrogens is 268 g/mol. The molecule has 0 saturated heterocycles. The zero-order valence-electron chi connectivity index (χ0n) is 12.7. The number of aromatic nitrogens is 2. The third-order valence-electron chi connectivity index (χ3n) is 3.72. The highest BCUT2D eigenvalue weighted by Gasteiger charge is 2.12. The van der Waals surface area contributed by atoms with Crippen molar-refractivity contribution < 1.29 is 4.79 Å². The fourth-order valence-corrected chi connectivity index (χ4v) is 2.37. The van der Waals surface area contributed by atoms with Crippen molar-refractivity contribution in [2.75, 3.05) is 19.6 Å². The Morgan fingerprint density at radius 1 is 1.24 bits per heavy atom. The minimum absolute atomic E-state index is 0.0346. The third kappa shape index (κ3) is 3.52. The van der Waals surface area contributed by atoms with E-state index >= 15 is 0 Å². The van der Waals surface area contributed by atoms with Gasteiger partial charge in [-0.05, 0) is 38.5 Å². The van der Waals surface area contributed by atoms with Crippen molar-refractivity contribution in [3.63, 3.8) is 0 Å². The molecule has 0 fully saturated rings. The Kier molecular flexibility index (Phi) is 4.80. The molecule has 0 radical (unpaired) electrons. The predicted octanol–water partition coefficient (Wildman–Crippen LogP) is 1.38. The van der Waals surface area contributed by atoms with Crippen molar-refractivity contribution in [2.24, 2.45) is 0 Å². The topological polar surface area (TPSA) is 81.0 Å². The van der Waals surface area contributed by atoms with Gasteiger partial charge in [0, 0.05) is 19.1 Å². The highest BCUT2D eigenvalue weighted by molar-refractivity contribution is 5.78. The van der Waals surface area contributed by atoms with Gasteiger partial charge in [-0.2, -0.15) is 0 Å². The maximum absolute atomic E-state index is 12.0. The largest absolute Gasteiger partial charge is 0.342 e. The van der Waals surface area contributed by atoms with E-state index in [2.05, 4.69) is 15.3 Å². The van der Waals surface area contributed by atoms with Crippen LogP contribution >= 0.6 is 0 Å². The van der Waals surface area contributed by atoms with Gasteiger partial charge < -0.3 is 20.2 Å². The summed E-state index contributed by atoms with van der Waals surface area (Å²) in [7, 11) is 0. The second-order valence-electron chi connectivity index (χ2n) is 5.05. The lowest BCUT2D eigenvalue weighted by molar-refractivity contribution is -0.129. The summed E-state index contributed by atoms with van der Waals surface area (Å²) in [6.45, 7) is 7.71. The molecule has 114 valence electrons. The number of H-pyrrole nitrogens is 2. The molecule has 2 aromatic rings. The quantitative estimate of drug-likeness (QED) is 0.751. The van der Waals surface area contributed by atoms with Gasteiger partial charge in [0.05, 0.1) is 17.6 Å². The first-order valence-electron chi connectivity index (χ1n) is 7.28. The van der Waals surface area contributed by atoms with Crippen LogP contribution in [0.5, 0.6) is 0 Å². The lowest BCUT2D eigenvalue weighted by atomic mass is 10.1. The van der Waals surface area contributed by atoms with Crippen LogP contribution < -0.4 is 11.0 Å². The average Bonchev–Trinajstić information content (AvgIpc) is 2.85. The van der Waals surface area contributed by atoms with Crippen LogP contribution in [-0.4, -0.2) is 40.4 Å². The third-order valence-corrected chi connectivity index (χ3v) is 3.72. The number of rotatable bonds is 6. The summed E-state index contributed by atoms with van der Waals surface area (Å²) in [4.78, 5) is 30.5. The minimum atomic E-state index is -0.209. The van der Waals surface area contributed by atoms with E-state index in [0.29, 0.717) is 6.54 Å². The Morgan fingerprint density at radius 3 is 2.57 bits per heavy atom. The van der Waals surface area contributed by atoms with E-state index in [1.54, 1.807) is 4.90 Å². The molecule has 1 aromatic heterocycles. The molecule has 3 N–H and O–H groups in total. The zero-order chi connectivity index (χ0) is 15.4. The molecule has 21 heavy (non-hydrogen) atoms. The zero-order valence-corrected chi connectivity index (χ0v) is 12.7. The van der Waals surface area contributed by atoms with Gasteiger partial charge in [-0.25, -0.2) is 4.79 Å². The van der Waals surface area contributed by atoms with Crippen molar-refractivity contribution in [1.29, 1.82) is 0 Å². The van der Waals surface area contributed by atoms with Gasteiger partial charge in [-0.3, -0.25) is 4.79 Å². The number of fused-ring (bicyclic) bond motifs is 1. The van der Waals surface area contributed by atoms with E-state index in [4.69, 9.17) is 0 Å². The van der Waals surface area contributed by atoms with Gasteiger partial charge in [-0.15, -0.1) is 0 Å². The van der Waals surface area contributed by atoms with Gasteiger partial charge in [0.15, 0.2) is 0 Å². The standard InChI is InChI=1S/C15H22N4O2/c1-4-19(5-2)14(20)9-16-10(3)11-6-7-12-13(8-11)18-15(21)17-12/h6-8,10,16H,4-5,9H2,1-3H3,(H2,17,18,21). The molecule has 2 rings (SSSR count). The fraction of sp³-hybridized carbons (Fsp3) is 0.467. The molecular formula is C15H22N4O2. The van der Waals surface area contributed by atoms with Crippen molar-refractivity contribution >= 4 is 16.9 Å². The molecule has 6 nitrogen and oxygen atoms in total. The molecule has 1 aromatic carbocycles. The van der Waals surface area contributed by atoms with Crippen molar-refractivity contribution in [3.05, 3.63) is 34.2 Å². The van der Waals surface area contributed by atoms with Crippen LogP contribution in [-0.2, 0) is 4.79 Å². The summed E-state index contributed by atoms with van der Waals surface area (Å²) in [5.74, 6) is 0.1000. The number of amides is 1. The summed E-state index contributed by atoms with van der Waals surface area (Å²) in [5, 5.41) is 3.23. The normalized spacial score (nSPS) is 12.5. The summed E-state index contributed by atoms with van der Waals surface area (Å²) in [6, 6.07) is 5.78. The van der Waals surface area contributed by atoms with Gasteiger partial charge in [0.2, 0.25) is 5.91 Å². The van der Waals surface area contributed by atoms with Gasteiger partial charge in [0.25, 0.3) is 0 Å². The molecule has 1 amide bonds. The molecule has 1 atom stereocenters. The molecule has 1 unspecified atom stereocenters. The molecule has 0 aliphatic carbocycles. The Labute approximate surface area is 123 Å². The number of benzene rings is 1. The fourth-order valence-electron chi connectivity index (χ4n) is 2.37. The van der Waals surface area contributed by atoms with Gasteiger partial charge in [0.1, 0.15) is 0 Å². The first-order valence-corrected chi connectivity index (χ1v) is 7.28. The van der Waals surface area contributed by atoms with Crippen LogP contribution in [0.25, 0.3) is 11.0 Å². The Hall–Kier alpha value is -2.08. The lowest BCUT2D eigenvalue weighted by Crippen LogP contribution is -2.38. The van der Waals surface area contributed by atoms with E-state index in [1.165, 1.54) is 0 Å². The summed E-state index contributed by atoms with van der Waals surface area (Å²) in [5.41, 5.74) is 2.39. The number of nitrogens with zero attached hydrogens (tertiary/aromatic N) is 1. The number of carbonyl (C=O) groups excluding carboxylic acids is 1. The second-order valence-corrected chi connectivity index (χ2v) is 5.05. The van der Waals surface area contributed by atoms with E-state index in [1.807, 2.05) is 39.0 Å². The van der Waals surface area contributed by atoms with Crippen LogP contribution in [0.3, 0.4) is 0 Å². The Bertz CT molecular complexity index is 670. The average molecular weight is 290 g/mol. The van der Waals surface area contributed by atoms with Gasteiger partial charge in [-0.1, -0.05) is 6.07 Å².